The number of ether oxygens (including phenoxy) is 2. The minimum Gasteiger partial charge on any atom is -0.494 e. The van der Waals surface area contributed by atoms with Crippen LogP contribution in [0.5, 0.6) is 5.75 Å². The first-order valence-electron chi connectivity index (χ1n) is 10.6. The van der Waals surface area contributed by atoms with Gasteiger partial charge in [0, 0.05) is 13.2 Å². The number of aliphatic hydroxyl groups excluding tert-OH is 2. The second kappa shape index (κ2) is 9.93. The first-order chi connectivity index (χ1) is 14.8. The first kappa shape index (κ1) is 20.7. The van der Waals surface area contributed by atoms with Gasteiger partial charge in [0.05, 0.1) is 30.4 Å². The molecule has 1 aromatic heterocycles. The molecule has 3 aromatic rings. The third-order valence-corrected chi connectivity index (χ3v) is 5.34. The minimum absolute atomic E-state index is 0.0387. The molecule has 0 spiro atoms. The van der Waals surface area contributed by atoms with E-state index in [0.717, 1.165) is 54.0 Å². The van der Waals surface area contributed by atoms with Crippen LogP contribution in [0.15, 0.2) is 48.5 Å². The molecule has 3 N–H and O–H groups in total. The van der Waals surface area contributed by atoms with Crippen LogP contribution < -0.4 is 10.1 Å². The summed E-state index contributed by atoms with van der Waals surface area (Å²) >= 11 is 0. The number of hydrogen-bond acceptors (Lipinski definition) is 6. The molecule has 0 aliphatic carbocycles. The lowest BCUT2D eigenvalue weighted by atomic mass is 10.2. The average Bonchev–Trinajstić information content (AvgIpc) is 3.39. The van der Waals surface area contributed by atoms with Gasteiger partial charge in [-0.05, 0) is 55.5 Å². The zero-order valence-electron chi connectivity index (χ0n) is 17.0. The van der Waals surface area contributed by atoms with E-state index in [0.29, 0.717) is 13.2 Å². The van der Waals surface area contributed by atoms with Gasteiger partial charge in [-0.25, -0.2) is 4.98 Å². The highest BCUT2D eigenvalue weighted by Gasteiger charge is 2.29. The third kappa shape index (κ3) is 4.75. The van der Waals surface area contributed by atoms with Crippen molar-refractivity contribution in [1.82, 2.24) is 9.55 Å². The highest BCUT2D eigenvalue weighted by atomic mass is 16.5. The van der Waals surface area contributed by atoms with Gasteiger partial charge in [0.1, 0.15) is 12.0 Å². The van der Waals surface area contributed by atoms with E-state index >= 15 is 0 Å². The van der Waals surface area contributed by atoms with Gasteiger partial charge >= 0.3 is 0 Å². The van der Waals surface area contributed by atoms with Crippen molar-refractivity contribution in [3.8, 4) is 5.75 Å². The lowest BCUT2D eigenvalue weighted by Crippen LogP contribution is -2.16. The highest BCUT2D eigenvalue weighted by molar-refractivity contribution is 5.78. The van der Waals surface area contributed by atoms with Crippen LogP contribution in [0.2, 0.25) is 0 Å². The Kier molecular flexibility index (Phi) is 6.84. The van der Waals surface area contributed by atoms with Crippen molar-refractivity contribution in [3.63, 3.8) is 0 Å². The maximum Gasteiger partial charge on any atom is 0.206 e. The number of benzene rings is 2. The van der Waals surface area contributed by atoms with Gasteiger partial charge in [-0.1, -0.05) is 24.3 Å². The molecule has 2 heterocycles. The number of para-hydroxylation sites is 2. The normalized spacial score (nSPS) is 18.7. The molecule has 0 amide bonds. The van der Waals surface area contributed by atoms with Crippen molar-refractivity contribution >= 4 is 17.0 Å². The van der Waals surface area contributed by atoms with Crippen molar-refractivity contribution in [2.45, 2.75) is 44.6 Å². The quantitative estimate of drug-likeness (QED) is 0.443. The molecule has 30 heavy (non-hydrogen) atoms. The smallest absolute Gasteiger partial charge is 0.206 e. The van der Waals surface area contributed by atoms with Crippen LogP contribution in [0.1, 0.15) is 37.5 Å². The van der Waals surface area contributed by atoms with Crippen LogP contribution in [-0.4, -0.2) is 45.7 Å². The number of imidazole rings is 1. The Morgan fingerprint density at radius 3 is 2.83 bits per heavy atom. The van der Waals surface area contributed by atoms with E-state index in [1.165, 1.54) is 0 Å². The number of hydrogen-bond donors (Lipinski definition) is 3. The lowest BCUT2D eigenvalue weighted by molar-refractivity contribution is -0.0195. The fourth-order valence-electron chi connectivity index (χ4n) is 3.80. The Balaban J connectivity index is 1.48. The summed E-state index contributed by atoms with van der Waals surface area (Å²) in [6, 6.07) is 16.0. The molecular formula is C23H29N3O4. The molecule has 0 saturated carbocycles. The van der Waals surface area contributed by atoms with Crippen LogP contribution in [0.25, 0.3) is 11.0 Å². The number of nitrogens with zero attached hydrogens (tertiary/aromatic N) is 2. The number of aliphatic hydroxyl groups is 2. The predicted octanol–water partition coefficient (Wildman–Crippen LogP) is 3.47. The topological polar surface area (TPSA) is 88.8 Å². The molecule has 160 valence electrons. The van der Waals surface area contributed by atoms with Gasteiger partial charge in [0.2, 0.25) is 5.95 Å². The number of aromatic nitrogens is 2. The highest BCUT2D eigenvalue weighted by Crippen LogP contribution is 2.34. The van der Waals surface area contributed by atoms with E-state index < -0.39 is 0 Å². The van der Waals surface area contributed by atoms with E-state index in [1.807, 2.05) is 42.5 Å². The second-order valence-corrected chi connectivity index (χ2v) is 7.55. The van der Waals surface area contributed by atoms with Gasteiger partial charge in [0.25, 0.3) is 0 Å². The molecule has 4 rings (SSSR count). The van der Waals surface area contributed by atoms with Gasteiger partial charge in [-0.3, -0.25) is 4.57 Å². The molecule has 2 aromatic carbocycles. The Morgan fingerprint density at radius 1 is 1.10 bits per heavy atom. The Bertz CT molecular complexity index is 959. The van der Waals surface area contributed by atoms with Gasteiger partial charge in [-0.15, -0.1) is 0 Å². The van der Waals surface area contributed by atoms with Crippen molar-refractivity contribution in [2.75, 3.05) is 25.1 Å². The maximum atomic E-state index is 9.44. The Labute approximate surface area is 176 Å². The van der Waals surface area contributed by atoms with Crippen LogP contribution in [0.3, 0.4) is 0 Å². The standard InChI is InChI=1S/C23H29N3O4/c27-12-3-4-13-29-18-7-5-6-17(14-18)15-24-23-25-20-8-1-2-9-21(20)26(23)22-11-10-19(16-28)30-22/h1-2,5-9,14,19,22,27-28H,3-4,10-13,15-16H2,(H,24,25)/t19-,22+/m0/s1. The summed E-state index contributed by atoms with van der Waals surface area (Å²) in [5.41, 5.74) is 3.02. The molecule has 7 nitrogen and oxygen atoms in total. The van der Waals surface area contributed by atoms with Crippen LogP contribution in [0.4, 0.5) is 5.95 Å². The molecule has 1 aliphatic rings. The first-order valence-corrected chi connectivity index (χ1v) is 10.6. The summed E-state index contributed by atoms with van der Waals surface area (Å²) in [5.74, 6) is 1.58. The average molecular weight is 412 g/mol. The molecule has 1 saturated heterocycles. The number of anilines is 1. The van der Waals surface area contributed by atoms with Crippen molar-refractivity contribution < 1.29 is 19.7 Å². The monoisotopic (exact) mass is 411 g/mol. The minimum atomic E-state index is -0.141. The van der Waals surface area contributed by atoms with Crippen molar-refractivity contribution in [3.05, 3.63) is 54.1 Å². The molecule has 0 unspecified atom stereocenters. The van der Waals surface area contributed by atoms with E-state index in [2.05, 4.69) is 16.0 Å². The van der Waals surface area contributed by atoms with Gasteiger partial charge in [-0.2, -0.15) is 0 Å². The van der Waals surface area contributed by atoms with E-state index in [9.17, 15) is 5.11 Å². The number of unbranched alkanes of at least 4 members (excludes halogenated alkanes) is 1. The SMILES string of the molecule is OCCCCOc1cccc(CNc2nc3ccccc3n2[C@H]2CC[C@@H](CO)O2)c1. The number of nitrogens with one attached hydrogen (secondary N) is 1. The Hall–Kier alpha value is -2.61. The van der Waals surface area contributed by atoms with Crippen molar-refractivity contribution in [1.29, 1.82) is 0 Å². The Morgan fingerprint density at radius 2 is 2.00 bits per heavy atom. The van der Waals surface area contributed by atoms with Gasteiger partial charge < -0.3 is 25.0 Å². The molecule has 0 bridgehead atoms. The fraction of sp³-hybridized carbons (Fsp3) is 0.435. The number of fused-ring (bicyclic) bond motifs is 1. The molecule has 0 radical (unpaired) electrons. The van der Waals surface area contributed by atoms with Crippen LogP contribution in [0, 0.1) is 0 Å². The number of rotatable bonds is 10. The molecular weight excluding hydrogens is 382 g/mol. The van der Waals surface area contributed by atoms with Crippen LogP contribution in [-0.2, 0) is 11.3 Å². The van der Waals surface area contributed by atoms with E-state index in [-0.39, 0.29) is 25.5 Å². The molecule has 7 heteroatoms. The fourth-order valence-corrected chi connectivity index (χ4v) is 3.80. The zero-order chi connectivity index (χ0) is 20.8. The summed E-state index contributed by atoms with van der Waals surface area (Å²) in [6.45, 7) is 1.43. The summed E-state index contributed by atoms with van der Waals surface area (Å²) in [6.07, 6.45) is 3.00. The maximum absolute atomic E-state index is 9.44. The molecule has 1 fully saturated rings. The van der Waals surface area contributed by atoms with Gasteiger partial charge in [0.15, 0.2) is 0 Å². The summed E-state index contributed by atoms with van der Waals surface area (Å²) in [4.78, 5) is 4.77. The molecule has 2 atom stereocenters. The summed E-state index contributed by atoms with van der Waals surface area (Å²) in [7, 11) is 0. The summed E-state index contributed by atoms with van der Waals surface area (Å²) < 4.78 is 13.9. The predicted molar refractivity (Wildman–Crippen MR) is 116 cm³/mol. The van der Waals surface area contributed by atoms with E-state index in [1.54, 1.807) is 0 Å². The lowest BCUT2D eigenvalue weighted by Gasteiger charge is -2.18. The third-order valence-electron chi connectivity index (χ3n) is 5.34. The van der Waals surface area contributed by atoms with E-state index in [4.69, 9.17) is 19.6 Å². The second-order valence-electron chi connectivity index (χ2n) is 7.55. The molecule has 1 aliphatic heterocycles. The van der Waals surface area contributed by atoms with Crippen LogP contribution >= 0.6 is 0 Å². The summed E-state index contributed by atoms with van der Waals surface area (Å²) in [5, 5.41) is 21.8. The largest absolute Gasteiger partial charge is 0.494 e. The zero-order valence-corrected chi connectivity index (χ0v) is 17.0. The van der Waals surface area contributed by atoms with Crippen molar-refractivity contribution in [2.24, 2.45) is 0 Å².